The first kappa shape index (κ1) is 12.2. The number of aliphatic carboxylic acids is 1. The van der Waals surface area contributed by atoms with E-state index in [-0.39, 0.29) is 6.61 Å². The zero-order chi connectivity index (χ0) is 11.4. The van der Waals surface area contributed by atoms with Gasteiger partial charge in [0.25, 0.3) is 0 Å². The predicted octanol–water partition coefficient (Wildman–Crippen LogP) is -1.20. The van der Waals surface area contributed by atoms with E-state index in [9.17, 15) is 14.7 Å². The van der Waals surface area contributed by atoms with Crippen molar-refractivity contribution < 1.29 is 29.6 Å². The number of nitrogens with one attached hydrogen (secondary N) is 1. The van der Waals surface area contributed by atoms with Crippen molar-refractivity contribution in [2.75, 3.05) is 13.2 Å². The summed E-state index contributed by atoms with van der Waals surface area (Å²) in [4.78, 5) is 21.5. The topological polar surface area (TPSA) is 116 Å². The summed E-state index contributed by atoms with van der Waals surface area (Å²) in [6.07, 6.45) is -1.39. The second kappa shape index (κ2) is 5.31. The lowest BCUT2D eigenvalue weighted by atomic mass is 9.95. The van der Waals surface area contributed by atoms with E-state index < -0.39 is 35.9 Å². The fraction of sp³-hybridized carbons (Fsp3) is 0.714. The Morgan fingerprint density at radius 1 is 1.73 bits per heavy atom. The second-order valence-corrected chi connectivity index (χ2v) is 3.77. The van der Waals surface area contributed by atoms with E-state index in [1.54, 1.807) is 0 Å². The maximum absolute atomic E-state index is 10.8. The Morgan fingerprint density at radius 2 is 2.40 bits per heavy atom. The second-order valence-electron chi connectivity index (χ2n) is 3.00. The molecule has 1 rings (SSSR count). The molecule has 7 nitrogen and oxygen atoms in total. The van der Waals surface area contributed by atoms with Crippen LogP contribution in [0.3, 0.4) is 0 Å². The number of carboxylic acids is 1. The Bertz CT molecular complexity index is 250. The maximum Gasteiger partial charge on any atom is 0.382 e. The van der Waals surface area contributed by atoms with E-state index in [1.165, 1.54) is 0 Å². The van der Waals surface area contributed by atoms with Crippen LogP contribution in [0.15, 0.2) is 0 Å². The third kappa shape index (κ3) is 3.06. The SMILES string of the molecule is O=C1OCC(C(C(=O)O)C(O)CO)NS1. The Hall–Kier alpha value is -0.830. The van der Waals surface area contributed by atoms with Gasteiger partial charge in [0.1, 0.15) is 12.5 Å². The van der Waals surface area contributed by atoms with Gasteiger partial charge in [0.2, 0.25) is 0 Å². The monoisotopic (exact) mass is 237 g/mol. The highest BCUT2D eigenvalue weighted by Crippen LogP contribution is 2.18. The molecule has 0 aromatic carbocycles. The highest BCUT2D eigenvalue weighted by atomic mass is 32.2. The van der Waals surface area contributed by atoms with Crippen LogP contribution < -0.4 is 4.72 Å². The molecule has 86 valence electrons. The number of cyclic esters (lactones) is 1. The molecule has 3 unspecified atom stereocenters. The van der Waals surface area contributed by atoms with Crippen LogP contribution >= 0.6 is 11.9 Å². The number of hydrogen-bond donors (Lipinski definition) is 4. The fourth-order valence-corrected chi connectivity index (χ4v) is 1.83. The number of rotatable bonds is 4. The van der Waals surface area contributed by atoms with Gasteiger partial charge in [-0.25, -0.2) is 9.52 Å². The molecule has 0 aliphatic carbocycles. The Morgan fingerprint density at radius 3 is 2.80 bits per heavy atom. The van der Waals surface area contributed by atoms with Gasteiger partial charge < -0.3 is 20.1 Å². The average molecular weight is 237 g/mol. The van der Waals surface area contributed by atoms with Crippen LogP contribution in [0, 0.1) is 5.92 Å². The summed E-state index contributed by atoms with van der Waals surface area (Å²) in [5.41, 5.74) is 0. The number of aliphatic hydroxyl groups is 2. The lowest BCUT2D eigenvalue weighted by Crippen LogP contribution is -2.50. The van der Waals surface area contributed by atoms with Crippen LogP contribution in [0.1, 0.15) is 0 Å². The summed E-state index contributed by atoms with van der Waals surface area (Å²) in [5, 5.41) is 26.3. The zero-order valence-electron chi connectivity index (χ0n) is 7.62. The van der Waals surface area contributed by atoms with Gasteiger partial charge in [-0.1, -0.05) is 0 Å². The van der Waals surface area contributed by atoms with Crippen LogP contribution in [-0.2, 0) is 9.53 Å². The molecule has 3 atom stereocenters. The normalized spacial score (nSPS) is 25.5. The molecule has 0 spiro atoms. The van der Waals surface area contributed by atoms with Crippen LogP contribution in [0.5, 0.6) is 0 Å². The van der Waals surface area contributed by atoms with E-state index in [4.69, 9.17) is 10.2 Å². The number of ether oxygens (including phenoxy) is 1. The minimum absolute atomic E-state index is 0.139. The molecule has 0 saturated carbocycles. The maximum atomic E-state index is 10.8. The summed E-state index contributed by atoms with van der Waals surface area (Å²) in [7, 11) is 0. The summed E-state index contributed by atoms with van der Waals surface area (Å²) < 4.78 is 7.18. The molecule has 15 heavy (non-hydrogen) atoms. The van der Waals surface area contributed by atoms with E-state index in [0.29, 0.717) is 11.9 Å². The van der Waals surface area contributed by atoms with Crippen molar-refractivity contribution in [2.45, 2.75) is 12.1 Å². The summed E-state index contributed by atoms with van der Waals surface area (Å²) in [6, 6.07) is -0.715. The van der Waals surface area contributed by atoms with Gasteiger partial charge in [0, 0.05) is 11.9 Å². The van der Waals surface area contributed by atoms with Crippen molar-refractivity contribution in [1.82, 2.24) is 4.72 Å². The van der Waals surface area contributed by atoms with Crippen molar-refractivity contribution in [3.63, 3.8) is 0 Å². The van der Waals surface area contributed by atoms with Gasteiger partial charge in [-0.2, -0.15) is 0 Å². The van der Waals surface area contributed by atoms with Crippen molar-refractivity contribution in [3.05, 3.63) is 0 Å². The van der Waals surface area contributed by atoms with E-state index in [2.05, 4.69) is 9.46 Å². The molecule has 0 aromatic rings. The molecule has 4 N–H and O–H groups in total. The predicted molar refractivity (Wildman–Crippen MR) is 50.1 cm³/mol. The number of carbonyl (C=O) groups excluding carboxylic acids is 1. The summed E-state index contributed by atoms with van der Waals surface area (Å²) >= 11 is 0.633. The number of carboxylic acid groups (broad SMARTS) is 1. The average Bonchev–Trinajstić information content (AvgIpc) is 2.20. The third-order valence-electron chi connectivity index (χ3n) is 1.99. The van der Waals surface area contributed by atoms with Gasteiger partial charge in [-0.05, 0) is 0 Å². The Kier molecular flexibility index (Phi) is 4.33. The molecular formula is C7H11NO6S. The van der Waals surface area contributed by atoms with Gasteiger partial charge in [0.15, 0.2) is 0 Å². The van der Waals surface area contributed by atoms with Gasteiger partial charge in [0.05, 0.1) is 18.8 Å². The van der Waals surface area contributed by atoms with Gasteiger partial charge in [-0.3, -0.25) is 4.79 Å². The van der Waals surface area contributed by atoms with Gasteiger partial charge >= 0.3 is 11.3 Å². The first-order valence-electron chi connectivity index (χ1n) is 4.17. The smallest absolute Gasteiger partial charge is 0.382 e. The Labute approximate surface area is 89.6 Å². The fourth-order valence-electron chi connectivity index (χ4n) is 1.24. The Balaban J connectivity index is 2.64. The number of hydrogen-bond acceptors (Lipinski definition) is 7. The molecule has 0 amide bonds. The van der Waals surface area contributed by atoms with Crippen molar-refractivity contribution in [3.8, 4) is 0 Å². The lowest BCUT2D eigenvalue weighted by Gasteiger charge is -2.29. The quantitative estimate of drug-likeness (QED) is 0.356. The lowest BCUT2D eigenvalue weighted by molar-refractivity contribution is -0.148. The van der Waals surface area contributed by atoms with Crippen molar-refractivity contribution >= 4 is 23.2 Å². The number of aliphatic hydroxyl groups excluding tert-OH is 2. The minimum Gasteiger partial charge on any atom is -0.481 e. The van der Waals surface area contributed by atoms with E-state index >= 15 is 0 Å². The molecule has 1 heterocycles. The standard InChI is InChI=1S/C7H11NO6S/c9-1-4(10)5(6(11)12)3-2-14-7(13)15-8-3/h3-5,8-10H,1-2H2,(H,11,12). The van der Waals surface area contributed by atoms with Gasteiger partial charge in [-0.15, -0.1) is 0 Å². The van der Waals surface area contributed by atoms with Crippen LogP contribution in [0.2, 0.25) is 0 Å². The molecule has 1 fully saturated rings. The first-order valence-corrected chi connectivity index (χ1v) is 4.98. The molecule has 1 saturated heterocycles. The first-order chi connectivity index (χ1) is 7.06. The molecule has 0 radical (unpaired) electrons. The molecule has 1 aliphatic heterocycles. The highest BCUT2D eigenvalue weighted by Gasteiger charge is 2.37. The summed E-state index contributed by atoms with van der Waals surface area (Å²) in [5.74, 6) is -2.47. The van der Waals surface area contributed by atoms with Crippen LogP contribution in [-0.4, -0.2) is 51.9 Å². The summed E-state index contributed by atoms with van der Waals surface area (Å²) in [6.45, 7) is -0.798. The minimum atomic E-state index is -1.39. The largest absolute Gasteiger partial charge is 0.481 e. The molecule has 8 heteroatoms. The van der Waals surface area contributed by atoms with Crippen LogP contribution in [0.25, 0.3) is 0 Å². The third-order valence-corrected chi connectivity index (χ3v) is 2.70. The highest BCUT2D eigenvalue weighted by molar-refractivity contribution is 8.11. The van der Waals surface area contributed by atoms with Crippen molar-refractivity contribution in [1.29, 1.82) is 0 Å². The van der Waals surface area contributed by atoms with Crippen LogP contribution in [0.4, 0.5) is 4.79 Å². The zero-order valence-corrected chi connectivity index (χ0v) is 8.44. The molecule has 0 bridgehead atoms. The van der Waals surface area contributed by atoms with Crippen molar-refractivity contribution in [2.24, 2.45) is 5.92 Å². The molecule has 1 aliphatic rings. The number of carbonyl (C=O) groups is 2. The molecule has 0 aromatic heterocycles. The molecular weight excluding hydrogens is 226 g/mol. The van der Waals surface area contributed by atoms with E-state index in [0.717, 1.165) is 0 Å². The van der Waals surface area contributed by atoms with E-state index in [1.807, 2.05) is 0 Å².